The number of ether oxygens (including phenoxy) is 1. The molecule has 3 aromatic rings. The predicted octanol–water partition coefficient (Wildman–Crippen LogP) is 5.27. The Hall–Kier alpha value is -1.83. The van der Waals surface area contributed by atoms with E-state index in [2.05, 4.69) is 42.2 Å². The highest BCUT2D eigenvalue weighted by Crippen LogP contribution is 2.35. The highest BCUT2D eigenvalue weighted by Gasteiger charge is 2.20. The number of aliphatic carboxylic acids is 1. The normalized spacial score (nSPS) is 12.5. The molecule has 3 N–H and O–H groups in total. The number of hydrogen-bond donors (Lipinski definition) is 3. The Labute approximate surface area is 180 Å². The van der Waals surface area contributed by atoms with Gasteiger partial charge in [0.1, 0.15) is 11.8 Å². The van der Waals surface area contributed by atoms with E-state index in [4.69, 9.17) is 4.74 Å². The van der Waals surface area contributed by atoms with Crippen LogP contribution in [0, 0.1) is 0 Å². The smallest absolute Gasteiger partial charge is 0.321 e. The summed E-state index contributed by atoms with van der Waals surface area (Å²) in [5.41, 5.74) is 2.95. The molecule has 1 atom stereocenters. The first-order valence-corrected chi connectivity index (χ1v) is 10.6. The fourth-order valence-corrected chi connectivity index (χ4v) is 4.54. The van der Waals surface area contributed by atoms with Gasteiger partial charge in [-0.15, -0.1) is 0 Å². The van der Waals surface area contributed by atoms with Gasteiger partial charge in [0.2, 0.25) is 0 Å². The number of carboxylic acids is 1. The van der Waals surface area contributed by atoms with Crippen molar-refractivity contribution < 1.29 is 14.6 Å². The monoisotopic (exact) mass is 508 g/mol. The van der Waals surface area contributed by atoms with Gasteiger partial charge in [-0.3, -0.25) is 4.79 Å². The number of hydrogen-bond acceptors (Lipinski definition) is 3. The number of aromatic amines is 1. The Morgan fingerprint density at radius 1 is 1.21 bits per heavy atom. The van der Waals surface area contributed by atoms with Crippen molar-refractivity contribution in [3.63, 3.8) is 0 Å². The molecule has 148 valence electrons. The van der Waals surface area contributed by atoms with Gasteiger partial charge in [0.25, 0.3) is 0 Å². The van der Waals surface area contributed by atoms with Crippen LogP contribution < -0.4 is 10.1 Å². The van der Waals surface area contributed by atoms with Crippen LogP contribution in [0.15, 0.2) is 51.5 Å². The zero-order chi connectivity index (χ0) is 20.3. The van der Waals surface area contributed by atoms with Crippen molar-refractivity contribution in [1.29, 1.82) is 0 Å². The fraction of sp³-hybridized carbons (Fsp3) is 0.286. The molecule has 0 radical (unpaired) electrons. The molecular weight excluding hydrogens is 488 g/mol. The van der Waals surface area contributed by atoms with Crippen molar-refractivity contribution in [2.45, 2.75) is 39.0 Å². The van der Waals surface area contributed by atoms with Gasteiger partial charge in [0.15, 0.2) is 0 Å². The van der Waals surface area contributed by atoms with Crippen LogP contribution in [0.2, 0.25) is 0 Å². The van der Waals surface area contributed by atoms with E-state index in [-0.39, 0.29) is 6.10 Å². The first kappa shape index (κ1) is 20.9. The van der Waals surface area contributed by atoms with Gasteiger partial charge >= 0.3 is 5.97 Å². The maximum Gasteiger partial charge on any atom is 0.321 e. The number of aromatic nitrogens is 1. The van der Waals surface area contributed by atoms with Crippen molar-refractivity contribution in [3.05, 3.63) is 62.7 Å². The Balaban J connectivity index is 1.73. The van der Waals surface area contributed by atoms with Gasteiger partial charge in [-0.2, -0.15) is 0 Å². The summed E-state index contributed by atoms with van der Waals surface area (Å²) in [5, 5.41) is 13.9. The summed E-state index contributed by atoms with van der Waals surface area (Å²) in [6, 6.07) is 11.1. The van der Waals surface area contributed by atoms with Crippen LogP contribution in [0.1, 0.15) is 25.0 Å². The summed E-state index contributed by atoms with van der Waals surface area (Å²) < 4.78 is 7.45. The second kappa shape index (κ2) is 9.11. The van der Waals surface area contributed by atoms with Crippen molar-refractivity contribution >= 4 is 48.7 Å². The van der Waals surface area contributed by atoms with Crippen LogP contribution in [0.25, 0.3) is 10.9 Å². The molecule has 0 aliphatic rings. The van der Waals surface area contributed by atoms with Gasteiger partial charge < -0.3 is 20.1 Å². The van der Waals surface area contributed by atoms with E-state index < -0.39 is 12.0 Å². The molecule has 28 heavy (non-hydrogen) atoms. The third-order valence-electron chi connectivity index (χ3n) is 4.36. The molecule has 1 aromatic heterocycles. The number of halogens is 2. The van der Waals surface area contributed by atoms with Gasteiger partial charge in [0, 0.05) is 30.1 Å². The molecule has 1 heterocycles. The number of benzene rings is 2. The van der Waals surface area contributed by atoms with Crippen molar-refractivity contribution in [1.82, 2.24) is 10.3 Å². The summed E-state index contributed by atoms with van der Waals surface area (Å²) >= 11 is 7.07. The lowest BCUT2D eigenvalue weighted by Gasteiger charge is -2.17. The molecule has 0 amide bonds. The van der Waals surface area contributed by atoms with Gasteiger partial charge in [0.05, 0.1) is 15.0 Å². The van der Waals surface area contributed by atoms with E-state index in [9.17, 15) is 9.90 Å². The summed E-state index contributed by atoms with van der Waals surface area (Å²) in [7, 11) is 0. The van der Waals surface area contributed by atoms with E-state index >= 15 is 0 Å². The van der Waals surface area contributed by atoms with Crippen LogP contribution in [-0.2, 0) is 17.8 Å². The predicted molar refractivity (Wildman–Crippen MR) is 118 cm³/mol. The summed E-state index contributed by atoms with van der Waals surface area (Å²) in [5.74, 6) is -0.129. The van der Waals surface area contributed by atoms with Crippen LogP contribution in [0.5, 0.6) is 5.75 Å². The Kier molecular flexibility index (Phi) is 6.80. The van der Waals surface area contributed by atoms with E-state index in [0.717, 1.165) is 36.7 Å². The first-order valence-electron chi connectivity index (χ1n) is 9.01. The lowest BCUT2D eigenvalue weighted by atomic mass is 10.0. The Morgan fingerprint density at radius 2 is 1.89 bits per heavy atom. The quantitative estimate of drug-likeness (QED) is 0.387. The van der Waals surface area contributed by atoms with E-state index in [1.165, 1.54) is 0 Å². The van der Waals surface area contributed by atoms with Crippen molar-refractivity contribution in [3.8, 4) is 5.75 Å². The second-order valence-corrected chi connectivity index (χ2v) is 8.60. The summed E-state index contributed by atoms with van der Waals surface area (Å²) in [6.45, 7) is 4.37. The standard InChI is InChI=1S/C21H22Br2N2O3/c1-12(2)28-20-16(22)7-13(8-17(20)23)10-24-19(21(26)27)9-14-11-25-18-6-4-3-5-15(14)18/h3-8,11-12,19,24-25H,9-10H2,1-2H3,(H,26,27)/t19-/m1/s1. The molecule has 0 bridgehead atoms. The van der Waals surface area contributed by atoms with Crippen LogP contribution in [-0.4, -0.2) is 28.2 Å². The van der Waals surface area contributed by atoms with E-state index in [0.29, 0.717) is 13.0 Å². The maximum atomic E-state index is 11.8. The molecule has 5 nitrogen and oxygen atoms in total. The minimum absolute atomic E-state index is 0.0594. The minimum atomic E-state index is -0.872. The highest BCUT2D eigenvalue weighted by molar-refractivity contribution is 9.11. The number of rotatable bonds is 8. The minimum Gasteiger partial charge on any atom is -0.489 e. The highest BCUT2D eigenvalue weighted by atomic mass is 79.9. The first-order chi connectivity index (χ1) is 13.3. The van der Waals surface area contributed by atoms with Gasteiger partial charge in [-0.25, -0.2) is 0 Å². The lowest BCUT2D eigenvalue weighted by molar-refractivity contribution is -0.139. The largest absolute Gasteiger partial charge is 0.489 e. The topological polar surface area (TPSA) is 74.3 Å². The molecular formula is C21H22Br2N2O3. The Bertz CT molecular complexity index is 962. The maximum absolute atomic E-state index is 11.8. The summed E-state index contributed by atoms with van der Waals surface area (Å²) in [6.07, 6.45) is 2.34. The molecule has 3 rings (SSSR count). The summed E-state index contributed by atoms with van der Waals surface area (Å²) in [4.78, 5) is 15.0. The van der Waals surface area contributed by atoms with Crippen LogP contribution in [0.3, 0.4) is 0 Å². The van der Waals surface area contributed by atoms with Crippen molar-refractivity contribution in [2.75, 3.05) is 0 Å². The molecule has 0 fully saturated rings. The number of fused-ring (bicyclic) bond motifs is 1. The molecule has 0 aliphatic heterocycles. The molecule has 0 saturated heterocycles. The molecule has 0 aliphatic carbocycles. The lowest BCUT2D eigenvalue weighted by Crippen LogP contribution is -2.38. The number of nitrogens with one attached hydrogen (secondary N) is 2. The third-order valence-corrected chi connectivity index (χ3v) is 5.54. The molecule has 7 heteroatoms. The van der Waals surface area contributed by atoms with Crippen LogP contribution in [0.4, 0.5) is 0 Å². The molecule has 0 saturated carbocycles. The van der Waals surface area contributed by atoms with Gasteiger partial charge in [-0.1, -0.05) is 18.2 Å². The zero-order valence-electron chi connectivity index (χ0n) is 15.6. The van der Waals surface area contributed by atoms with Crippen molar-refractivity contribution in [2.24, 2.45) is 0 Å². The van der Waals surface area contributed by atoms with E-state index in [1.807, 2.05) is 56.4 Å². The zero-order valence-corrected chi connectivity index (χ0v) is 18.8. The molecule has 2 aromatic carbocycles. The third kappa shape index (κ3) is 4.96. The molecule has 0 spiro atoms. The number of carbonyl (C=O) groups is 1. The molecule has 0 unspecified atom stereocenters. The second-order valence-electron chi connectivity index (χ2n) is 6.89. The fourth-order valence-electron chi connectivity index (χ4n) is 3.07. The number of carboxylic acid groups (broad SMARTS) is 1. The average molecular weight is 510 g/mol. The van der Waals surface area contributed by atoms with Crippen LogP contribution >= 0.6 is 31.9 Å². The SMILES string of the molecule is CC(C)Oc1c(Br)cc(CN[C@H](Cc2c[nH]c3ccccc23)C(=O)O)cc1Br. The van der Waals surface area contributed by atoms with E-state index in [1.54, 1.807) is 0 Å². The number of para-hydroxylation sites is 1. The average Bonchev–Trinajstić information content (AvgIpc) is 3.04. The Morgan fingerprint density at radius 3 is 2.54 bits per heavy atom. The number of H-pyrrole nitrogens is 1. The van der Waals surface area contributed by atoms with Gasteiger partial charge in [-0.05, 0) is 75.0 Å².